The maximum absolute atomic E-state index is 13.5. The Labute approximate surface area is 182 Å². The predicted molar refractivity (Wildman–Crippen MR) is 115 cm³/mol. The lowest BCUT2D eigenvalue weighted by Crippen LogP contribution is -2.30. The van der Waals surface area contributed by atoms with Crippen molar-refractivity contribution in [3.8, 4) is 5.69 Å². The third-order valence-corrected chi connectivity index (χ3v) is 5.94. The van der Waals surface area contributed by atoms with Crippen LogP contribution in [-0.4, -0.2) is 37.4 Å². The summed E-state index contributed by atoms with van der Waals surface area (Å²) < 4.78 is 15.0. The maximum Gasteiger partial charge on any atom is 0.280 e. The summed E-state index contributed by atoms with van der Waals surface area (Å²) >= 11 is 1.38. The summed E-state index contributed by atoms with van der Waals surface area (Å²) in [5.74, 6) is -0.171. The maximum atomic E-state index is 13.5. The van der Waals surface area contributed by atoms with E-state index in [0.29, 0.717) is 28.8 Å². The average molecular weight is 432 g/mol. The summed E-state index contributed by atoms with van der Waals surface area (Å²) in [5, 5.41) is 9.02. The molecule has 0 aliphatic carbocycles. The van der Waals surface area contributed by atoms with E-state index in [0.717, 1.165) is 17.7 Å². The number of hydrogen-bond acceptors (Lipinski definition) is 6. The second kappa shape index (κ2) is 8.27. The molecule has 7 nitrogen and oxygen atoms in total. The van der Waals surface area contributed by atoms with Crippen LogP contribution >= 0.6 is 11.8 Å². The molecule has 2 aromatic carbocycles. The van der Waals surface area contributed by atoms with Gasteiger partial charge in [0.2, 0.25) is 0 Å². The first-order chi connectivity index (χ1) is 15.2. The van der Waals surface area contributed by atoms with E-state index in [4.69, 9.17) is 0 Å². The summed E-state index contributed by atoms with van der Waals surface area (Å²) in [6, 6.07) is 15.5. The minimum absolute atomic E-state index is 0.206. The average Bonchev–Trinajstić information content (AvgIpc) is 3.43. The van der Waals surface area contributed by atoms with Gasteiger partial charge in [-0.1, -0.05) is 35.2 Å². The van der Waals surface area contributed by atoms with E-state index in [1.165, 1.54) is 23.9 Å². The number of halogens is 1. The number of rotatable bonds is 5. The monoisotopic (exact) mass is 432 g/mol. The molecular weight excluding hydrogens is 415 g/mol. The number of hydrogen-bond donors (Lipinski definition) is 0. The minimum Gasteiger partial charge on any atom is -0.306 e. The Morgan fingerprint density at radius 1 is 1.03 bits per heavy atom. The second-order valence-electron chi connectivity index (χ2n) is 6.93. The topological polar surface area (TPSA) is 76.8 Å². The molecule has 0 saturated carbocycles. The fourth-order valence-corrected chi connectivity index (χ4v) is 4.35. The van der Waals surface area contributed by atoms with Gasteiger partial charge in [-0.05, 0) is 48.4 Å². The van der Waals surface area contributed by atoms with Crippen molar-refractivity contribution in [1.82, 2.24) is 25.0 Å². The van der Waals surface area contributed by atoms with E-state index in [1.807, 2.05) is 24.3 Å². The van der Waals surface area contributed by atoms with E-state index in [9.17, 15) is 9.18 Å². The highest BCUT2D eigenvalue weighted by Crippen LogP contribution is 2.30. The highest BCUT2D eigenvalue weighted by atomic mass is 32.2. The van der Waals surface area contributed by atoms with Crippen molar-refractivity contribution in [2.24, 2.45) is 0 Å². The fourth-order valence-electron chi connectivity index (χ4n) is 3.56. The molecule has 0 radical (unpaired) electrons. The van der Waals surface area contributed by atoms with Crippen LogP contribution < -0.4 is 4.90 Å². The minimum atomic E-state index is -0.345. The van der Waals surface area contributed by atoms with Gasteiger partial charge in [0.1, 0.15) is 5.82 Å². The Bertz CT molecular complexity index is 1230. The molecule has 9 heteroatoms. The van der Waals surface area contributed by atoms with Crippen molar-refractivity contribution in [3.63, 3.8) is 0 Å². The van der Waals surface area contributed by atoms with Crippen molar-refractivity contribution < 1.29 is 9.18 Å². The van der Waals surface area contributed by atoms with Crippen LogP contribution in [0.5, 0.6) is 0 Å². The fraction of sp³-hybridized carbons (Fsp3) is 0.136. The Balaban J connectivity index is 1.52. The summed E-state index contributed by atoms with van der Waals surface area (Å²) in [6.45, 7) is 0.593. The Kier molecular flexibility index (Phi) is 5.17. The zero-order chi connectivity index (χ0) is 21.2. The molecule has 0 bridgehead atoms. The van der Waals surface area contributed by atoms with Crippen molar-refractivity contribution in [1.29, 1.82) is 0 Å². The third kappa shape index (κ3) is 3.79. The quantitative estimate of drug-likeness (QED) is 0.354. The Morgan fingerprint density at radius 2 is 1.81 bits per heavy atom. The number of aromatic nitrogens is 5. The summed E-state index contributed by atoms with van der Waals surface area (Å²) in [5.41, 5.74) is 3.53. The van der Waals surface area contributed by atoms with Gasteiger partial charge in [0.15, 0.2) is 10.9 Å². The lowest BCUT2D eigenvalue weighted by molar-refractivity contribution is 0.0984. The first-order valence-corrected chi connectivity index (χ1v) is 10.7. The number of carbonyl (C=O) groups is 1. The van der Waals surface area contributed by atoms with Crippen LogP contribution in [0.3, 0.4) is 0 Å². The smallest absolute Gasteiger partial charge is 0.280 e. The van der Waals surface area contributed by atoms with Crippen LogP contribution in [0.2, 0.25) is 0 Å². The van der Waals surface area contributed by atoms with Gasteiger partial charge in [0.05, 0.1) is 11.4 Å². The lowest BCUT2D eigenvalue weighted by Gasteiger charge is -2.16. The van der Waals surface area contributed by atoms with Crippen molar-refractivity contribution >= 4 is 23.4 Å². The number of benzene rings is 2. The predicted octanol–water partition coefficient (Wildman–Crippen LogP) is 3.69. The van der Waals surface area contributed by atoms with Gasteiger partial charge >= 0.3 is 0 Å². The molecule has 1 aliphatic heterocycles. The van der Waals surface area contributed by atoms with E-state index in [1.54, 1.807) is 40.2 Å². The number of carbonyl (C=O) groups excluding carboxylic acids is 1. The molecule has 0 unspecified atom stereocenters. The number of amides is 1. The third-order valence-electron chi connectivity index (χ3n) is 5.05. The molecule has 0 saturated heterocycles. The molecular formula is C22H17FN6OS. The molecule has 1 aliphatic rings. The van der Waals surface area contributed by atoms with Gasteiger partial charge in [-0.2, -0.15) is 0 Å². The van der Waals surface area contributed by atoms with Crippen molar-refractivity contribution in [3.05, 3.63) is 89.8 Å². The first-order valence-electron chi connectivity index (χ1n) is 9.71. The molecule has 31 heavy (non-hydrogen) atoms. The zero-order valence-electron chi connectivity index (χ0n) is 16.3. The van der Waals surface area contributed by atoms with Gasteiger partial charge in [0, 0.05) is 30.4 Å². The van der Waals surface area contributed by atoms with Gasteiger partial charge in [-0.25, -0.2) is 19.0 Å². The summed E-state index contributed by atoms with van der Waals surface area (Å²) in [6.07, 6.45) is 4.13. The largest absolute Gasteiger partial charge is 0.306 e. The molecule has 5 rings (SSSR count). The van der Waals surface area contributed by atoms with Crippen LogP contribution in [-0.2, 0) is 12.2 Å². The molecule has 3 heterocycles. The molecule has 0 N–H and O–H groups in total. The number of anilines is 1. The number of fused-ring (bicyclic) bond motifs is 1. The van der Waals surface area contributed by atoms with E-state index < -0.39 is 0 Å². The molecule has 0 fully saturated rings. The number of thioether (sulfide) groups is 1. The molecule has 1 amide bonds. The van der Waals surface area contributed by atoms with Crippen LogP contribution in [0.25, 0.3) is 5.69 Å². The summed E-state index contributed by atoms with van der Waals surface area (Å²) in [7, 11) is 0. The van der Waals surface area contributed by atoms with Crippen LogP contribution in [0.4, 0.5) is 10.1 Å². The SMILES string of the molecule is O=C(c1nnn(-c2ccc(F)cc2)c1CSc1ncccn1)N1CCc2ccccc21. The number of nitrogens with zero attached hydrogens (tertiary/aromatic N) is 6. The van der Waals surface area contributed by atoms with E-state index in [-0.39, 0.29) is 17.4 Å². The molecule has 0 spiro atoms. The van der Waals surface area contributed by atoms with Crippen molar-refractivity contribution in [2.75, 3.05) is 11.4 Å². The van der Waals surface area contributed by atoms with Gasteiger partial charge in [0.25, 0.3) is 5.91 Å². The van der Waals surface area contributed by atoms with Crippen LogP contribution in [0.15, 0.2) is 72.1 Å². The molecule has 4 aromatic rings. The highest BCUT2D eigenvalue weighted by Gasteiger charge is 2.30. The van der Waals surface area contributed by atoms with E-state index in [2.05, 4.69) is 20.3 Å². The molecule has 2 aromatic heterocycles. The summed E-state index contributed by atoms with van der Waals surface area (Å²) in [4.78, 5) is 23.6. The van der Waals surface area contributed by atoms with E-state index >= 15 is 0 Å². The Morgan fingerprint density at radius 3 is 2.61 bits per heavy atom. The molecule has 0 atom stereocenters. The first kappa shape index (κ1) is 19.4. The highest BCUT2D eigenvalue weighted by molar-refractivity contribution is 7.98. The standard InChI is InChI=1S/C22H17FN6OS/c23-16-6-8-17(9-7-16)29-19(14-31-22-24-11-3-12-25-22)20(26-27-29)21(30)28-13-10-15-4-1-2-5-18(15)28/h1-9,11-12H,10,13-14H2. The van der Waals surface area contributed by atoms with Gasteiger partial charge in [-0.3, -0.25) is 4.79 Å². The number of para-hydroxylation sites is 1. The lowest BCUT2D eigenvalue weighted by atomic mass is 10.2. The van der Waals surface area contributed by atoms with Gasteiger partial charge in [-0.15, -0.1) is 5.10 Å². The zero-order valence-corrected chi connectivity index (χ0v) is 17.2. The normalized spacial score (nSPS) is 12.7. The molecule has 154 valence electrons. The Hall–Kier alpha value is -3.59. The van der Waals surface area contributed by atoms with Crippen molar-refractivity contribution in [2.45, 2.75) is 17.3 Å². The van der Waals surface area contributed by atoms with Crippen LogP contribution in [0.1, 0.15) is 21.7 Å². The van der Waals surface area contributed by atoms with Gasteiger partial charge < -0.3 is 4.90 Å². The van der Waals surface area contributed by atoms with Crippen LogP contribution in [0, 0.1) is 5.82 Å². The second-order valence-corrected chi connectivity index (χ2v) is 7.87.